The van der Waals surface area contributed by atoms with Crippen LogP contribution < -0.4 is 15.7 Å². The van der Waals surface area contributed by atoms with Crippen LogP contribution in [0.3, 0.4) is 0 Å². The minimum atomic E-state index is 0.0546. The van der Waals surface area contributed by atoms with Gasteiger partial charge in [-0.05, 0) is 35.8 Å². The molecule has 2 aromatic heterocycles. The standard InChI is InChI=1S/C22H16BN3/c1-3-8-17(9-4-1)23-21-13-15-24-16-20(21)19-12-7-14-25-22(19)26(23)18-10-5-2-6-11-18/h1-16H. The summed E-state index contributed by atoms with van der Waals surface area (Å²) >= 11 is 0. The first-order valence-corrected chi connectivity index (χ1v) is 8.72. The summed E-state index contributed by atoms with van der Waals surface area (Å²) < 4.78 is 0. The van der Waals surface area contributed by atoms with Gasteiger partial charge in [-0.1, -0.05) is 54.0 Å². The van der Waals surface area contributed by atoms with Crippen molar-refractivity contribution >= 4 is 29.3 Å². The zero-order valence-electron chi connectivity index (χ0n) is 14.2. The normalized spacial score (nSPS) is 12.5. The van der Waals surface area contributed by atoms with Gasteiger partial charge in [0, 0.05) is 35.4 Å². The molecule has 5 rings (SSSR count). The molecule has 0 aliphatic carbocycles. The molecule has 0 bridgehead atoms. The molecule has 0 fully saturated rings. The van der Waals surface area contributed by atoms with Crippen molar-refractivity contribution < 1.29 is 0 Å². The van der Waals surface area contributed by atoms with E-state index in [2.05, 4.69) is 76.5 Å². The third kappa shape index (κ3) is 2.31. The largest absolute Gasteiger partial charge is 0.361 e. The van der Waals surface area contributed by atoms with E-state index in [1.807, 2.05) is 30.7 Å². The second kappa shape index (κ2) is 6.15. The van der Waals surface area contributed by atoms with Crippen LogP contribution in [0.4, 0.5) is 11.5 Å². The van der Waals surface area contributed by atoms with Gasteiger partial charge < -0.3 is 4.81 Å². The molecule has 2 aromatic carbocycles. The molecule has 0 unspecified atom stereocenters. The molecule has 0 amide bonds. The lowest BCUT2D eigenvalue weighted by Crippen LogP contribution is -2.57. The average Bonchev–Trinajstić information content (AvgIpc) is 2.74. The summed E-state index contributed by atoms with van der Waals surface area (Å²) in [5, 5.41) is 0. The van der Waals surface area contributed by atoms with E-state index in [-0.39, 0.29) is 6.85 Å². The maximum atomic E-state index is 4.75. The van der Waals surface area contributed by atoms with Gasteiger partial charge in [0.1, 0.15) is 5.82 Å². The van der Waals surface area contributed by atoms with E-state index in [0.29, 0.717) is 0 Å². The van der Waals surface area contributed by atoms with Crippen LogP contribution in [0.25, 0.3) is 11.1 Å². The molecule has 0 saturated carbocycles. The Balaban J connectivity index is 1.83. The number of fused-ring (bicyclic) bond motifs is 3. The van der Waals surface area contributed by atoms with Crippen molar-refractivity contribution in [1.29, 1.82) is 0 Å². The van der Waals surface area contributed by atoms with Crippen LogP contribution in [0.5, 0.6) is 0 Å². The quantitative estimate of drug-likeness (QED) is 0.527. The van der Waals surface area contributed by atoms with Crippen molar-refractivity contribution in [1.82, 2.24) is 9.97 Å². The Morgan fingerprint density at radius 1 is 0.692 bits per heavy atom. The maximum Gasteiger partial charge on any atom is 0.330 e. The van der Waals surface area contributed by atoms with Gasteiger partial charge in [-0.25, -0.2) is 4.98 Å². The molecule has 4 heteroatoms. The van der Waals surface area contributed by atoms with E-state index < -0.39 is 0 Å². The fourth-order valence-corrected chi connectivity index (χ4v) is 3.75. The lowest BCUT2D eigenvalue weighted by Gasteiger charge is -2.37. The van der Waals surface area contributed by atoms with E-state index in [0.717, 1.165) is 22.6 Å². The van der Waals surface area contributed by atoms with Gasteiger partial charge in [0.15, 0.2) is 0 Å². The summed E-state index contributed by atoms with van der Waals surface area (Å²) in [7, 11) is 0. The molecule has 1 aliphatic heterocycles. The second-order valence-electron chi connectivity index (χ2n) is 6.36. The highest BCUT2D eigenvalue weighted by molar-refractivity contribution is 6.90. The van der Waals surface area contributed by atoms with Crippen LogP contribution in [0.2, 0.25) is 0 Å². The van der Waals surface area contributed by atoms with E-state index in [1.165, 1.54) is 10.9 Å². The minimum absolute atomic E-state index is 0.0546. The van der Waals surface area contributed by atoms with Gasteiger partial charge in [0.2, 0.25) is 0 Å². The number of anilines is 2. The number of benzene rings is 2. The third-order valence-corrected chi connectivity index (χ3v) is 4.86. The predicted octanol–water partition coefficient (Wildman–Crippen LogP) is 3.40. The molecule has 3 heterocycles. The Hall–Kier alpha value is -3.40. The molecule has 0 radical (unpaired) electrons. The molecule has 1 aliphatic rings. The van der Waals surface area contributed by atoms with E-state index in [9.17, 15) is 0 Å². The maximum absolute atomic E-state index is 4.75. The van der Waals surface area contributed by atoms with Crippen LogP contribution in [0, 0.1) is 0 Å². The van der Waals surface area contributed by atoms with E-state index in [4.69, 9.17) is 4.98 Å². The Labute approximate surface area is 153 Å². The highest BCUT2D eigenvalue weighted by Gasteiger charge is 2.37. The first kappa shape index (κ1) is 14.9. The van der Waals surface area contributed by atoms with Crippen molar-refractivity contribution in [2.45, 2.75) is 0 Å². The Kier molecular flexibility index (Phi) is 3.53. The molecule has 0 saturated heterocycles. The van der Waals surface area contributed by atoms with Gasteiger partial charge in [-0.15, -0.1) is 0 Å². The summed E-state index contributed by atoms with van der Waals surface area (Å²) in [6.45, 7) is 0.0546. The first-order valence-electron chi connectivity index (χ1n) is 8.72. The van der Waals surface area contributed by atoms with Crippen LogP contribution in [-0.4, -0.2) is 16.8 Å². The molecular formula is C22H16BN3. The van der Waals surface area contributed by atoms with E-state index in [1.54, 1.807) is 0 Å². The average molecular weight is 333 g/mol. The van der Waals surface area contributed by atoms with Crippen molar-refractivity contribution in [3.05, 3.63) is 97.5 Å². The summed E-state index contributed by atoms with van der Waals surface area (Å²) in [6, 6.07) is 27.3. The Morgan fingerprint density at radius 2 is 1.46 bits per heavy atom. The monoisotopic (exact) mass is 333 g/mol. The van der Waals surface area contributed by atoms with Crippen molar-refractivity contribution in [2.24, 2.45) is 0 Å². The molecule has 0 atom stereocenters. The number of aromatic nitrogens is 2. The smallest absolute Gasteiger partial charge is 0.330 e. The summed E-state index contributed by atoms with van der Waals surface area (Å²) in [5.74, 6) is 0.966. The van der Waals surface area contributed by atoms with Crippen molar-refractivity contribution in [2.75, 3.05) is 4.81 Å². The molecule has 4 aromatic rings. The molecular weight excluding hydrogens is 317 g/mol. The molecule has 3 nitrogen and oxygen atoms in total. The lowest BCUT2D eigenvalue weighted by atomic mass is 9.46. The predicted molar refractivity (Wildman–Crippen MR) is 108 cm³/mol. The molecule has 0 N–H and O–H groups in total. The van der Waals surface area contributed by atoms with Crippen molar-refractivity contribution in [3.63, 3.8) is 0 Å². The number of hydrogen-bond donors (Lipinski definition) is 0. The van der Waals surface area contributed by atoms with Crippen LogP contribution >= 0.6 is 0 Å². The first-order chi connectivity index (χ1) is 12.9. The zero-order valence-corrected chi connectivity index (χ0v) is 14.2. The fraction of sp³-hybridized carbons (Fsp3) is 0. The Morgan fingerprint density at radius 3 is 2.27 bits per heavy atom. The number of nitrogens with zero attached hydrogens (tertiary/aromatic N) is 3. The topological polar surface area (TPSA) is 29.0 Å². The summed E-state index contributed by atoms with van der Waals surface area (Å²) in [5.41, 5.74) is 5.88. The van der Waals surface area contributed by atoms with Crippen LogP contribution in [0.1, 0.15) is 0 Å². The minimum Gasteiger partial charge on any atom is -0.361 e. The highest BCUT2D eigenvalue weighted by Crippen LogP contribution is 2.37. The van der Waals surface area contributed by atoms with Crippen LogP contribution in [-0.2, 0) is 0 Å². The zero-order chi connectivity index (χ0) is 17.3. The van der Waals surface area contributed by atoms with Crippen molar-refractivity contribution in [3.8, 4) is 11.1 Å². The molecule has 122 valence electrons. The highest BCUT2D eigenvalue weighted by atomic mass is 15.1. The number of pyridine rings is 2. The fourth-order valence-electron chi connectivity index (χ4n) is 3.75. The molecule has 0 spiro atoms. The van der Waals surface area contributed by atoms with E-state index >= 15 is 0 Å². The van der Waals surface area contributed by atoms with Gasteiger partial charge >= 0.3 is 6.85 Å². The summed E-state index contributed by atoms with van der Waals surface area (Å²) in [4.78, 5) is 11.5. The SMILES string of the molecule is c1ccc(B2c3ccncc3-c3cccnc3N2c2ccccc2)cc1. The van der Waals surface area contributed by atoms with Gasteiger partial charge in [0.05, 0.1) is 0 Å². The van der Waals surface area contributed by atoms with Gasteiger partial charge in [0.25, 0.3) is 0 Å². The van der Waals surface area contributed by atoms with Gasteiger partial charge in [-0.2, -0.15) is 0 Å². The summed E-state index contributed by atoms with van der Waals surface area (Å²) in [6.07, 6.45) is 5.69. The third-order valence-electron chi connectivity index (χ3n) is 4.86. The van der Waals surface area contributed by atoms with Gasteiger partial charge in [-0.3, -0.25) is 4.98 Å². The number of para-hydroxylation sites is 1. The lowest BCUT2D eigenvalue weighted by molar-refractivity contribution is 1.22. The molecule has 26 heavy (non-hydrogen) atoms. The number of hydrogen-bond acceptors (Lipinski definition) is 3. The Bertz CT molecular complexity index is 964. The van der Waals surface area contributed by atoms with Crippen LogP contribution in [0.15, 0.2) is 97.5 Å². The number of rotatable bonds is 2. The second-order valence-corrected chi connectivity index (χ2v) is 6.36.